The lowest BCUT2D eigenvalue weighted by atomic mass is 10.1. The van der Waals surface area contributed by atoms with E-state index in [0.717, 1.165) is 56.4 Å². The lowest BCUT2D eigenvalue weighted by molar-refractivity contribution is 0.146. The average Bonchev–Trinajstić information content (AvgIpc) is 3.38. The Morgan fingerprint density at radius 2 is 2.00 bits per heavy atom. The van der Waals surface area contributed by atoms with Crippen LogP contribution >= 0.6 is 0 Å². The number of furan rings is 1. The van der Waals surface area contributed by atoms with Crippen LogP contribution in [0.15, 0.2) is 27.8 Å². The van der Waals surface area contributed by atoms with Crippen molar-refractivity contribution in [2.24, 2.45) is 12.0 Å². The number of aryl methyl sites for hydroxylation is 2. The molecule has 1 atom stereocenters. The maximum absolute atomic E-state index is 5.75. The second-order valence-corrected chi connectivity index (χ2v) is 7.64. The molecule has 2 aromatic rings. The van der Waals surface area contributed by atoms with E-state index in [9.17, 15) is 0 Å². The van der Waals surface area contributed by atoms with Gasteiger partial charge in [0, 0.05) is 38.4 Å². The zero-order valence-electron chi connectivity index (χ0n) is 18.4. The van der Waals surface area contributed by atoms with Crippen molar-refractivity contribution >= 4 is 5.96 Å². The number of nitrogens with zero attached hydrogens (tertiary/aromatic N) is 4. The molecule has 0 spiro atoms. The smallest absolute Gasteiger partial charge is 0.191 e. The van der Waals surface area contributed by atoms with Crippen molar-refractivity contribution in [2.45, 2.75) is 58.5 Å². The third-order valence-electron chi connectivity index (χ3n) is 5.85. The van der Waals surface area contributed by atoms with Crippen LogP contribution < -0.4 is 10.6 Å². The van der Waals surface area contributed by atoms with Crippen molar-refractivity contribution in [1.29, 1.82) is 0 Å². The molecule has 0 radical (unpaired) electrons. The van der Waals surface area contributed by atoms with Gasteiger partial charge in [-0.25, -0.2) is 0 Å². The Morgan fingerprint density at radius 3 is 2.62 bits per heavy atom. The molecule has 3 heterocycles. The van der Waals surface area contributed by atoms with Gasteiger partial charge in [0.15, 0.2) is 5.96 Å². The van der Waals surface area contributed by atoms with Gasteiger partial charge in [-0.3, -0.25) is 14.6 Å². The summed E-state index contributed by atoms with van der Waals surface area (Å²) in [5.74, 6) is 1.83. The van der Waals surface area contributed by atoms with Crippen molar-refractivity contribution in [1.82, 2.24) is 25.3 Å². The Morgan fingerprint density at radius 1 is 1.21 bits per heavy atom. The first-order chi connectivity index (χ1) is 14.2. The first-order valence-electron chi connectivity index (χ1n) is 10.9. The lowest BCUT2D eigenvalue weighted by Gasteiger charge is -2.33. The first kappa shape index (κ1) is 21.4. The normalized spacial score (nSPS) is 16.8. The standard InChI is InChI=1S/C22H36N6O/c1-5-18-17(19(6-2)27(4)26-18)15-24-22(23-3)25-16-20(21-11-10-14-29-21)28-12-8-7-9-13-28/h10-11,14,20H,5-9,12-13,15-16H2,1-4H3,(H2,23,24,25). The molecule has 0 amide bonds. The maximum atomic E-state index is 5.75. The molecular weight excluding hydrogens is 364 g/mol. The highest BCUT2D eigenvalue weighted by Crippen LogP contribution is 2.24. The predicted molar refractivity (Wildman–Crippen MR) is 117 cm³/mol. The molecule has 3 rings (SSSR count). The summed E-state index contributed by atoms with van der Waals surface area (Å²) in [5.41, 5.74) is 3.74. The summed E-state index contributed by atoms with van der Waals surface area (Å²) in [7, 11) is 3.85. The monoisotopic (exact) mass is 400 g/mol. The third kappa shape index (κ3) is 5.21. The summed E-state index contributed by atoms with van der Waals surface area (Å²) in [5, 5.41) is 11.7. The largest absolute Gasteiger partial charge is 0.468 e. The first-order valence-corrected chi connectivity index (χ1v) is 10.9. The van der Waals surface area contributed by atoms with E-state index in [2.05, 4.69) is 45.5 Å². The minimum Gasteiger partial charge on any atom is -0.468 e. The van der Waals surface area contributed by atoms with Crippen LogP contribution in [-0.4, -0.2) is 47.3 Å². The van der Waals surface area contributed by atoms with Crippen LogP contribution in [-0.2, 0) is 26.4 Å². The quantitative estimate of drug-likeness (QED) is 0.526. The summed E-state index contributed by atoms with van der Waals surface area (Å²) < 4.78 is 7.76. The van der Waals surface area contributed by atoms with Gasteiger partial charge in [-0.1, -0.05) is 20.3 Å². The second-order valence-electron chi connectivity index (χ2n) is 7.64. The molecule has 1 aliphatic rings. The Bertz CT molecular complexity index is 774. The predicted octanol–water partition coefficient (Wildman–Crippen LogP) is 3.03. The molecule has 1 unspecified atom stereocenters. The highest BCUT2D eigenvalue weighted by Gasteiger charge is 2.24. The molecule has 1 saturated heterocycles. The third-order valence-corrected chi connectivity index (χ3v) is 5.85. The minimum absolute atomic E-state index is 0.222. The van der Waals surface area contributed by atoms with Crippen LogP contribution in [0, 0.1) is 0 Å². The Hall–Kier alpha value is -2.28. The van der Waals surface area contributed by atoms with E-state index in [-0.39, 0.29) is 6.04 Å². The molecule has 29 heavy (non-hydrogen) atoms. The SMILES string of the molecule is CCc1nn(C)c(CC)c1CNC(=NC)NCC(c1ccco1)N1CCCCC1. The summed E-state index contributed by atoms with van der Waals surface area (Å²) in [6, 6.07) is 4.27. The highest BCUT2D eigenvalue weighted by molar-refractivity contribution is 5.79. The van der Waals surface area contributed by atoms with Crippen molar-refractivity contribution in [3.05, 3.63) is 41.1 Å². The number of likely N-dealkylation sites (tertiary alicyclic amines) is 1. The van der Waals surface area contributed by atoms with E-state index < -0.39 is 0 Å². The zero-order chi connectivity index (χ0) is 20.6. The average molecular weight is 401 g/mol. The highest BCUT2D eigenvalue weighted by atomic mass is 16.3. The summed E-state index contributed by atoms with van der Waals surface area (Å²) in [4.78, 5) is 6.96. The summed E-state index contributed by atoms with van der Waals surface area (Å²) >= 11 is 0. The molecule has 7 nitrogen and oxygen atoms in total. The van der Waals surface area contributed by atoms with Gasteiger partial charge in [0.1, 0.15) is 5.76 Å². The Kier molecular flexibility index (Phi) is 7.75. The van der Waals surface area contributed by atoms with Crippen molar-refractivity contribution in [3.63, 3.8) is 0 Å². The molecule has 0 aliphatic carbocycles. The van der Waals surface area contributed by atoms with Gasteiger partial charge in [-0.05, 0) is 50.9 Å². The number of aliphatic imine (C=N–C) groups is 1. The van der Waals surface area contributed by atoms with Crippen molar-refractivity contribution < 1.29 is 4.42 Å². The number of nitrogens with one attached hydrogen (secondary N) is 2. The van der Waals surface area contributed by atoms with Crippen molar-refractivity contribution in [3.8, 4) is 0 Å². The van der Waals surface area contributed by atoms with E-state index in [0.29, 0.717) is 0 Å². The van der Waals surface area contributed by atoms with Gasteiger partial charge in [0.05, 0.1) is 18.0 Å². The Balaban J connectivity index is 1.63. The molecule has 0 saturated carbocycles. The van der Waals surface area contributed by atoms with Crippen molar-refractivity contribution in [2.75, 3.05) is 26.7 Å². The molecule has 160 valence electrons. The number of guanidine groups is 1. The van der Waals surface area contributed by atoms with Gasteiger partial charge >= 0.3 is 0 Å². The number of piperidine rings is 1. The molecule has 1 aliphatic heterocycles. The van der Waals surface area contributed by atoms with Crippen LogP contribution in [0.1, 0.15) is 61.9 Å². The summed E-state index contributed by atoms with van der Waals surface area (Å²) in [6.07, 6.45) is 7.51. The molecule has 2 N–H and O–H groups in total. The van der Waals surface area contributed by atoms with Gasteiger partial charge in [-0.2, -0.15) is 5.10 Å². The molecule has 0 aromatic carbocycles. The number of hydrogen-bond donors (Lipinski definition) is 2. The molecule has 2 aromatic heterocycles. The minimum atomic E-state index is 0.222. The summed E-state index contributed by atoms with van der Waals surface area (Å²) in [6.45, 7) is 8.07. The van der Waals surface area contributed by atoms with Gasteiger partial charge in [0.25, 0.3) is 0 Å². The Labute approximate surface area is 174 Å². The van der Waals surface area contributed by atoms with Crippen LogP contribution in [0.3, 0.4) is 0 Å². The number of aromatic nitrogens is 2. The molecule has 1 fully saturated rings. The number of rotatable bonds is 8. The fourth-order valence-corrected chi connectivity index (χ4v) is 4.30. The zero-order valence-corrected chi connectivity index (χ0v) is 18.4. The van der Waals surface area contributed by atoms with E-state index >= 15 is 0 Å². The van der Waals surface area contributed by atoms with Gasteiger partial charge in [-0.15, -0.1) is 0 Å². The topological polar surface area (TPSA) is 70.6 Å². The second kappa shape index (κ2) is 10.5. The van der Waals surface area contributed by atoms with E-state index in [1.807, 2.05) is 24.8 Å². The lowest BCUT2D eigenvalue weighted by Crippen LogP contribution is -2.44. The fraction of sp³-hybridized carbons (Fsp3) is 0.636. The van der Waals surface area contributed by atoms with Crippen LogP contribution in [0.4, 0.5) is 0 Å². The maximum Gasteiger partial charge on any atom is 0.191 e. The van der Waals surface area contributed by atoms with E-state index in [4.69, 9.17) is 4.42 Å². The van der Waals surface area contributed by atoms with Gasteiger partial charge in [0.2, 0.25) is 0 Å². The number of hydrogen-bond acceptors (Lipinski definition) is 4. The molecular formula is C22H36N6O. The van der Waals surface area contributed by atoms with E-state index in [1.165, 1.54) is 30.5 Å². The van der Waals surface area contributed by atoms with Crippen LogP contribution in [0.5, 0.6) is 0 Å². The van der Waals surface area contributed by atoms with E-state index in [1.54, 1.807) is 6.26 Å². The van der Waals surface area contributed by atoms with Crippen LogP contribution in [0.25, 0.3) is 0 Å². The fourth-order valence-electron chi connectivity index (χ4n) is 4.30. The molecule has 7 heteroatoms. The van der Waals surface area contributed by atoms with Crippen LogP contribution in [0.2, 0.25) is 0 Å². The molecule has 0 bridgehead atoms. The van der Waals surface area contributed by atoms with Gasteiger partial charge < -0.3 is 15.1 Å².